The number of aromatic hydroxyl groups is 1. The molecule has 4 rings (SSSR count). The van der Waals surface area contributed by atoms with E-state index in [2.05, 4.69) is 0 Å². The zero-order valence-corrected chi connectivity index (χ0v) is 19.5. The van der Waals surface area contributed by atoms with Crippen LogP contribution in [0.15, 0.2) is 28.7 Å². The topological polar surface area (TPSA) is 165 Å². The van der Waals surface area contributed by atoms with Crippen LogP contribution >= 0.6 is 0 Å². The van der Waals surface area contributed by atoms with Crippen molar-refractivity contribution in [2.45, 2.75) is 31.4 Å². The van der Waals surface area contributed by atoms with Crippen LogP contribution in [0.1, 0.15) is 34.3 Å². The first-order valence-electron chi connectivity index (χ1n) is 11.0. The first-order chi connectivity index (χ1) is 15.8. The van der Waals surface area contributed by atoms with Crippen LogP contribution in [0, 0.1) is 11.8 Å². The van der Waals surface area contributed by atoms with Crippen LogP contribution in [0.4, 0.5) is 5.69 Å². The van der Waals surface area contributed by atoms with E-state index in [-0.39, 0.29) is 36.1 Å². The predicted molar refractivity (Wildman–Crippen MR) is 123 cm³/mol. The number of fused-ring (bicyclic) bond motifs is 3. The molecule has 0 unspecified atom stereocenters. The number of aliphatic hydroxyl groups excluding tert-OH is 2. The summed E-state index contributed by atoms with van der Waals surface area (Å²) < 4.78 is 0. The molecule has 0 bridgehead atoms. The number of nitrogens with two attached hydrogens (primary N) is 1. The quantitative estimate of drug-likeness (QED) is 0.398. The van der Waals surface area contributed by atoms with Gasteiger partial charge in [0.1, 0.15) is 22.8 Å². The van der Waals surface area contributed by atoms with Gasteiger partial charge in [-0.1, -0.05) is 0 Å². The van der Waals surface area contributed by atoms with Crippen molar-refractivity contribution in [2.75, 3.05) is 33.1 Å². The molecule has 0 spiro atoms. The number of primary amides is 1. The molecular formula is C24H29N3O7. The molecule has 10 nitrogen and oxygen atoms in total. The fourth-order valence-electron chi connectivity index (χ4n) is 5.58. The summed E-state index contributed by atoms with van der Waals surface area (Å²) in [7, 11) is 7.30. The summed E-state index contributed by atoms with van der Waals surface area (Å²) in [6.45, 7) is 0.359. The number of carbonyl (C=O) groups excluding carboxylic acids is 3. The molecule has 0 aromatic heterocycles. The molecule has 34 heavy (non-hydrogen) atoms. The fourth-order valence-corrected chi connectivity index (χ4v) is 5.58. The van der Waals surface area contributed by atoms with Gasteiger partial charge in [-0.05, 0) is 44.5 Å². The lowest BCUT2D eigenvalue weighted by molar-refractivity contribution is -0.144. The number of amides is 1. The third-order valence-corrected chi connectivity index (χ3v) is 7.09. The molecule has 0 radical (unpaired) electrons. The van der Waals surface area contributed by atoms with Crippen molar-refractivity contribution in [3.63, 3.8) is 0 Å². The molecule has 1 aromatic carbocycles. The smallest absolute Gasteiger partial charge is 0.255 e. The van der Waals surface area contributed by atoms with Crippen LogP contribution in [0.25, 0.3) is 0 Å². The Bertz CT molecular complexity index is 1200. The Labute approximate surface area is 196 Å². The second-order valence-electron chi connectivity index (χ2n) is 9.80. The Morgan fingerprint density at radius 2 is 1.79 bits per heavy atom. The zero-order valence-electron chi connectivity index (χ0n) is 19.5. The molecule has 3 atom stereocenters. The summed E-state index contributed by atoms with van der Waals surface area (Å²) in [5, 5.41) is 43.7. The SMILES string of the molecule is CN(C)Cc1cc(N(C)C)c2c(c1O)C(=O)C1=C(O)[C@]3(O)C(=O)C(C(N)=O)=C(O)C[C@@H]3C[C@@H]1C2. The first kappa shape index (κ1) is 23.8. The summed E-state index contributed by atoms with van der Waals surface area (Å²) in [6.07, 6.45) is 0.136. The van der Waals surface area contributed by atoms with E-state index in [0.29, 0.717) is 17.7 Å². The highest BCUT2D eigenvalue weighted by molar-refractivity contribution is 6.24. The van der Waals surface area contributed by atoms with Gasteiger partial charge in [0.2, 0.25) is 5.78 Å². The maximum absolute atomic E-state index is 13.7. The van der Waals surface area contributed by atoms with E-state index in [1.807, 2.05) is 44.1 Å². The van der Waals surface area contributed by atoms with Crippen LogP contribution < -0.4 is 10.6 Å². The van der Waals surface area contributed by atoms with E-state index in [4.69, 9.17) is 5.73 Å². The van der Waals surface area contributed by atoms with E-state index in [1.54, 1.807) is 0 Å². The number of hydrogen-bond acceptors (Lipinski definition) is 9. The molecule has 0 aliphatic heterocycles. The molecule has 3 aliphatic carbocycles. The van der Waals surface area contributed by atoms with Gasteiger partial charge < -0.3 is 36.0 Å². The predicted octanol–water partition coefficient (Wildman–Crippen LogP) is 0.708. The number of rotatable bonds is 4. The van der Waals surface area contributed by atoms with Gasteiger partial charge >= 0.3 is 0 Å². The summed E-state index contributed by atoms with van der Waals surface area (Å²) >= 11 is 0. The highest BCUT2D eigenvalue weighted by Gasteiger charge is 2.59. The lowest BCUT2D eigenvalue weighted by atomic mass is 9.60. The Morgan fingerprint density at radius 3 is 2.35 bits per heavy atom. The van der Waals surface area contributed by atoms with Crippen molar-refractivity contribution in [2.24, 2.45) is 17.6 Å². The number of hydrogen-bond donors (Lipinski definition) is 5. The minimum atomic E-state index is -2.56. The van der Waals surface area contributed by atoms with Crippen LogP contribution in [-0.4, -0.2) is 76.6 Å². The Kier molecular flexibility index (Phi) is 5.49. The van der Waals surface area contributed by atoms with Gasteiger partial charge in [-0.15, -0.1) is 0 Å². The van der Waals surface area contributed by atoms with E-state index < -0.39 is 52.0 Å². The largest absolute Gasteiger partial charge is 0.511 e. The number of carbonyl (C=O) groups is 3. The highest BCUT2D eigenvalue weighted by Crippen LogP contribution is 2.52. The van der Waals surface area contributed by atoms with Crippen molar-refractivity contribution < 1.29 is 34.8 Å². The van der Waals surface area contributed by atoms with Crippen molar-refractivity contribution in [3.05, 3.63) is 45.4 Å². The van der Waals surface area contributed by atoms with Crippen molar-refractivity contribution in [1.29, 1.82) is 0 Å². The van der Waals surface area contributed by atoms with Gasteiger partial charge in [-0.25, -0.2) is 0 Å². The number of nitrogens with zero attached hydrogens (tertiary/aromatic N) is 2. The standard InChI is InChI=1S/C24H29N3O7/c1-26(2)9-11-7-14(27(3)4)13-6-10-5-12-8-15(28)18(23(25)33)22(32)24(12,34)21(31)16(10)20(30)17(13)19(11)29/h7,10,12,28-29,31,34H,5-6,8-9H2,1-4H3,(H2,25,33)/t10-,12+,24+/m1/s1. The van der Waals surface area contributed by atoms with Gasteiger partial charge in [0.05, 0.1) is 5.56 Å². The molecule has 0 heterocycles. The minimum absolute atomic E-state index is 0.0275. The lowest BCUT2D eigenvalue weighted by Gasteiger charge is -2.46. The number of anilines is 1. The van der Waals surface area contributed by atoms with Crippen molar-refractivity contribution >= 4 is 23.2 Å². The monoisotopic (exact) mass is 471 g/mol. The molecular weight excluding hydrogens is 442 g/mol. The maximum Gasteiger partial charge on any atom is 0.255 e. The van der Waals surface area contributed by atoms with Gasteiger partial charge in [0.25, 0.3) is 5.91 Å². The van der Waals surface area contributed by atoms with Gasteiger partial charge in [-0.2, -0.15) is 0 Å². The number of phenols is 1. The normalized spacial score (nSPS) is 26.4. The van der Waals surface area contributed by atoms with Crippen LogP contribution in [0.3, 0.4) is 0 Å². The highest BCUT2D eigenvalue weighted by atomic mass is 16.3. The van der Waals surface area contributed by atoms with Gasteiger partial charge in [-0.3, -0.25) is 14.4 Å². The number of ketones is 2. The van der Waals surface area contributed by atoms with Crippen molar-refractivity contribution in [1.82, 2.24) is 4.90 Å². The second-order valence-corrected chi connectivity index (χ2v) is 9.80. The summed E-state index contributed by atoms with van der Waals surface area (Å²) in [5.74, 6) is -6.22. The Morgan fingerprint density at radius 1 is 1.15 bits per heavy atom. The average Bonchev–Trinajstić information content (AvgIpc) is 2.71. The molecule has 6 N–H and O–H groups in total. The zero-order chi connectivity index (χ0) is 25.3. The number of phenolic OH excluding ortho intramolecular Hbond substituents is 1. The third-order valence-electron chi connectivity index (χ3n) is 7.09. The molecule has 0 saturated heterocycles. The van der Waals surface area contributed by atoms with Crippen LogP contribution in [0.5, 0.6) is 5.75 Å². The fraction of sp³-hybridized carbons (Fsp3) is 0.458. The Balaban J connectivity index is 1.93. The minimum Gasteiger partial charge on any atom is -0.511 e. The summed E-state index contributed by atoms with van der Waals surface area (Å²) in [6, 6.07) is 1.83. The molecule has 0 saturated carbocycles. The van der Waals surface area contributed by atoms with Gasteiger partial charge in [0.15, 0.2) is 11.4 Å². The van der Waals surface area contributed by atoms with E-state index >= 15 is 0 Å². The Hall–Kier alpha value is -3.37. The molecule has 182 valence electrons. The lowest BCUT2D eigenvalue weighted by Crippen LogP contribution is -2.57. The van der Waals surface area contributed by atoms with Crippen LogP contribution in [0.2, 0.25) is 0 Å². The summed E-state index contributed by atoms with van der Waals surface area (Å²) in [5.41, 5.74) is 3.63. The molecule has 1 aromatic rings. The number of Topliss-reactive ketones (excluding diaryl/α,β-unsaturated/α-hetero) is 2. The summed E-state index contributed by atoms with van der Waals surface area (Å²) in [4.78, 5) is 42.2. The third kappa shape index (κ3) is 3.20. The maximum atomic E-state index is 13.7. The molecule has 10 heteroatoms. The first-order valence-corrected chi connectivity index (χ1v) is 11.0. The number of aliphatic hydroxyl groups is 3. The van der Waals surface area contributed by atoms with E-state index in [9.17, 15) is 34.8 Å². The van der Waals surface area contributed by atoms with Crippen LogP contribution in [-0.2, 0) is 22.6 Å². The number of allylic oxidation sites excluding steroid dienone is 2. The average molecular weight is 472 g/mol. The molecule has 1 amide bonds. The number of benzene rings is 1. The van der Waals surface area contributed by atoms with E-state index in [0.717, 1.165) is 5.69 Å². The molecule has 0 fully saturated rings. The second kappa shape index (κ2) is 7.85. The van der Waals surface area contributed by atoms with Crippen molar-refractivity contribution in [3.8, 4) is 5.75 Å². The molecule has 3 aliphatic rings. The van der Waals surface area contributed by atoms with Gasteiger partial charge in [0, 0.05) is 49.8 Å². The van der Waals surface area contributed by atoms with E-state index in [1.165, 1.54) is 0 Å².